The summed E-state index contributed by atoms with van der Waals surface area (Å²) < 4.78 is 0. The third kappa shape index (κ3) is 4.27. The molecule has 1 aliphatic heterocycles. The minimum Gasteiger partial charge on any atom is -0.373 e. The SMILES string of the molecule is CN1CCC(O)(C#Cc2cccc(-c3nc(-c4cnccn4)cc(C(N)O)n3)c2)C1=O. The number of nitrogens with zero attached hydrogens (tertiary/aromatic N) is 5. The first kappa shape index (κ1) is 20.6. The Morgan fingerprint density at radius 2 is 2.06 bits per heavy atom. The maximum atomic E-state index is 12.1. The second-order valence-electron chi connectivity index (χ2n) is 7.20. The van der Waals surface area contributed by atoms with Crippen LogP contribution in [0.25, 0.3) is 22.8 Å². The Morgan fingerprint density at radius 3 is 2.74 bits per heavy atom. The summed E-state index contributed by atoms with van der Waals surface area (Å²) in [6.45, 7) is 0.456. The molecule has 156 valence electrons. The van der Waals surface area contributed by atoms with Crippen molar-refractivity contribution in [1.29, 1.82) is 0 Å². The van der Waals surface area contributed by atoms with Crippen LogP contribution in [0.3, 0.4) is 0 Å². The van der Waals surface area contributed by atoms with Crippen molar-refractivity contribution in [3.63, 3.8) is 0 Å². The smallest absolute Gasteiger partial charge is 0.267 e. The number of carbonyl (C=O) groups excluding carboxylic acids is 1. The number of rotatable bonds is 3. The van der Waals surface area contributed by atoms with Gasteiger partial charge in [-0.25, -0.2) is 9.97 Å². The average molecular weight is 416 g/mol. The van der Waals surface area contributed by atoms with Crippen LogP contribution in [0.1, 0.15) is 23.9 Å². The minimum absolute atomic E-state index is 0.232. The number of carbonyl (C=O) groups is 1. The summed E-state index contributed by atoms with van der Waals surface area (Å²) in [6, 6.07) is 8.61. The van der Waals surface area contributed by atoms with Crippen molar-refractivity contribution in [2.24, 2.45) is 5.73 Å². The molecule has 4 rings (SSSR count). The molecular weight excluding hydrogens is 396 g/mol. The Morgan fingerprint density at radius 1 is 1.23 bits per heavy atom. The van der Waals surface area contributed by atoms with E-state index >= 15 is 0 Å². The van der Waals surface area contributed by atoms with Crippen LogP contribution in [0.15, 0.2) is 48.9 Å². The van der Waals surface area contributed by atoms with E-state index in [1.807, 2.05) is 0 Å². The van der Waals surface area contributed by atoms with E-state index in [0.29, 0.717) is 34.9 Å². The maximum Gasteiger partial charge on any atom is 0.267 e. The summed E-state index contributed by atoms with van der Waals surface area (Å²) in [6.07, 6.45) is 3.61. The van der Waals surface area contributed by atoms with E-state index in [-0.39, 0.29) is 12.1 Å². The second-order valence-corrected chi connectivity index (χ2v) is 7.20. The molecule has 0 saturated carbocycles. The quantitative estimate of drug-likeness (QED) is 0.414. The van der Waals surface area contributed by atoms with Crippen LogP contribution in [0.4, 0.5) is 0 Å². The van der Waals surface area contributed by atoms with Crippen LogP contribution in [-0.2, 0) is 4.79 Å². The number of hydrogen-bond donors (Lipinski definition) is 3. The average Bonchev–Trinajstić information content (AvgIpc) is 3.06. The number of likely N-dealkylation sites (tertiary alicyclic amines) is 1. The molecule has 1 saturated heterocycles. The molecule has 0 radical (unpaired) electrons. The van der Waals surface area contributed by atoms with E-state index < -0.39 is 17.7 Å². The zero-order chi connectivity index (χ0) is 22.0. The number of benzene rings is 1. The normalized spacial score (nSPS) is 19.1. The molecule has 1 aromatic carbocycles. The van der Waals surface area contributed by atoms with Crippen LogP contribution in [0.2, 0.25) is 0 Å². The zero-order valence-electron chi connectivity index (χ0n) is 16.7. The number of hydrogen-bond acceptors (Lipinski definition) is 8. The van der Waals surface area contributed by atoms with Crippen LogP contribution in [0.5, 0.6) is 0 Å². The predicted molar refractivity (Wildman–Crippen MR) is 112 cm³/mol. The molecule has 9 nitrogen and oxygen atoms in total. The number of nitrogens with two attached hydrogens (primary N) is 1. The summed E-state index contributed by atoms with van der Waals surface area (Å²) in [7, 11) is 1.63. The van der Waals surface area contributed by atoms with E-state index in [9.17, 15) is 15.0 Å². The fourth-order valence-corrected chi connectivity index (χ4v) is 3.19. The molecule has 0 aliphatic carbocycles. The Labute approximate surface area is 178 Å². The van der Waals surface area contributed by atoms with Crippen molar-refractivity contribution < 1.29 is 15.0 Å². The largest absolute Gasteiger partial charge is 0.373 e. The molecule has 1 fully saturated rings. The molecule has 0 spiro atoms. The van der Waals surface area contributed by atoms with Gasteiger partial charge in [-0.1, -0.05) is 24.0 Å². The number of aromatic nitrogens is 4. The van der Waals surface area contributed by atoms with Crippen LogP contribution in [0, 0.1) is 11.8 Å². The molecule has 2 aromatic heterocycles. The first-order chi connectivity index (χ1) is 14.9. The highest BCUT2D eigenvalue weighted by atomic mass is 16.3. The first-order valence-electron chi connectivity index (χ1n) is 9.56. The Hall–Kier alpha value is -3.71. The van der Waals surface area contributed by atoms with Crippen LogP contribution >= 0.6 is 0 Å². The van der Waals surface area contributed by atoms with Crippen LogP contribution < -0.4 is 5.73 Å². The van der Waals surface area contributed by atoms with Crippen molar-refractivity contribution in [2.45, 2.75) is 18.2 Å². The van der Waals surface area contributed by atoms with Crippen molar-refractivity contribution in [2.75, 3.05) is 13.6 Å². The standard InChI is InChI=1S/C22H20N6O3/c1-28-10-7-22(31,21(28)30)6-5-14-3-2-4-15(11-14)20-26-16(12-17(27-20)19(23)29)18-13-24-8-9-25-18/h2-4,8-9,11-13,19,29,31H,7,10,23H2,1H3. The van der Waals surface area contributed by atoms with Crippen molar-refractivity contribution >= 4 is 5.91 Å². The van der Waals surface area contributed by atoms with E-state index in [1.165, 1.54) is 4.90 Å². The topological polar surface area (TPSA) is 138 Å². The summed E-state index contributed by atoms with van der Waals surface area (Å²) in [5, 5.41) is 20.4. The third-order valence-corrected chi connectivity index (χ3v) is 4.92. The van der Waals surface area contributed by atoms with E-state index in [1.54, 1.807) is 56.0 Å². The molecule has 3 heterocycles. The summed E-state index contributed by atoms with van der Waals surface area (Å²) >= 11 is 0. The number of amides is 1. The van der Waals surface area contributed by atoms with E-state index in [2.05, 4.69) is 31.8 Å². The number of aliphatic hydroxyl groups is 2. The highest BCUT2D eigenvalue weighted by molar-refractivity contribution is 5.90. The highest BCUT2D eigenvalue weighted by Gasteiger charge is 2.42. The van der Waals surface area contributed by atoms with Gasteiger partial charge in [-0.05, 0) is 18.2 Å². The highest BCUT2D eigenvalue weighted by Crippen LogP contribution is 2.24. The van der Waals surface area contributed by atoms with Crippen molar-refractivity contribution in [3.8, 4) is 34.6 Å². The molecule has 1 amide bonds. The van der Waals surface area contributed by atoms with Gasteiger partial charge in [0.05, 0.1) is 17.6 Å². The van der Waals surface area contributed by atoms with Gasteiger partial charge in [0.25, 0.3) is 5.91 Å². The van der Waals surface area contributed by atoms with Crippen molar-refractivity contribution in [1.82, 2.24) is 24.8 Å². The molecule has 0 bridgehead atoms. The van der Waals surface area contributed by atoms with Crippen molar-refractivity contribution in [3.05, 3.63) is 60.2 Å². The molecule has 3 aromatic rings. The predicted octanol–water partition coefficient (Wildman–Crippen LogP) is 0.495. The molecule has 31 heavy (non-hydrogen) atoms. The molecule has 1 aliphatic rings. The molecular formula is C22H20N6O3. The Kier molecular flexibility index (Phi) is 5.44. The van der Waals surface area contributed by atoms with Gasteiger partial charge in [-0.15, -0.1) is 0 Å². The Bertz CT molecular complexity index is 1190. The van der Waals surface area contributed by atoms with Gasteiger partial charge in [0.1, 0.15) is 11.9 Å². The fourth-order valence-electron chi connectivity index (χ4n) is 3.19. The lowest BCUT2D eigenvalue weighted by Gasteiger charge is -2.13. The van der Waals surface area contributed by atoms with Gasteiger partial charge >= 0.3 is 0 Å². The second kappa shape index (κ2) is 8.20. The van der Waals surface area contributed by atoms with Gasteiger partial charge < -0.3 is 20.8 Å². The summed E-state index contributed by atoms with van der Waals surface area (Å²) in [5.74, 6) is 5.48. The zero-order valence-corrected chi connectivity index (χ0v) is 16.7. The van der Waals surface area contributed by atoms with Gasteiger partial charge in [-0.3, -0.25) is 14.8 Å². The third-order valence-electron chi connectivity index (χ3n) is 4.92. The summed E-state index contributed by atoms with van der Waals surface area (Å²) in [5.41, 5.74) is 6.37. The molecule has 4 N–H and O–H groups in total. The lowest BCUT2D eigenvalue weighted by molar-refractivity contribution is -0.137. The lowest BCUT2D eigenvalue weighted by atomic mass is 10.0. The van der Waals surface area contributed by atoms with E-state index in [0.717, 1.165) is 0 Å². The fraction of sp³-hybridized carbons (Fsp3) is 0.227. The monoisotopic (exact) mass is 416 g/mol. The number of likely N-dealkylation sites (N-methyl/N-ethyl adjacent to an activating group) is 1. The lowest BCUT2D eigenvalue weighted by Crippen LogP contribution is -2.37. The van der Waals surface area contributed by atoms with Crippen LogP contribution in [-0.4, -0.2) is 60.1 Å². The Balaban J connectivity index is 1.72. The molecule has 2 unspecified atom stereocenters. The van der Waals surface area contributed by atoms with Gasteiger partial charge in [0, 0.05) is 43.5 Å². The maximum absolute atomic E-state index is 12.1. The molecule has 9 heteroatoms. The van der Waals surface area contributed by atoms with Gasteiger partial charge in [0.2, 0.25) is 5.60 Å². The van der Waals surface area contributed by atoms with Gasteiger partial charge in [-0.2, -0.15) is 0 Å². The number of aliphatic hydroxyl groups excluding tert-OH is 1. The minimum atomic E-state index is -1.68. The first-order valence-corrected chi connectivity index (χ1v) is 9.56. The van der Waals surface area contributed by atoms with E-state index in [4.69, 9.17) is 5.73 Å². The summed E-state index contributed by atoms with van der Waals surface area (Å²) in [4.78, 5) is 30.7. The molecule has 2 atom stereocenters. The van der Waals surface area contributed by atoms with Gasteiger partial charge in [0.15, 0.2) is 5.82 Å².